The van der Waals surface area contributed by atoms with E-state index in [9.17, 15) is 4.79 Å². The van der Waals surface area contributed by atoms with E-state index in [4.69, 9.17) is 0 Å². The zero-order chi connectivity index (χ0) is 11.4. The molecule has 16 heavy (non-hydrogen) atoms. The van der Waals surface area contributed by atoms with E-state index in [-0.39, 0.29) is 6.03 Å². The fraction of sp³-hybridized carbons (Fsp3) is 0.917. The lowest BCUT2D eigenvalue weighted by Crippen LogP contribution is -2.61. The number of rotatable bonds is 3. The molecule has 0 atom stereocenters. The molecule has 1 saturated heterocycles. The number of nitrogens with zero attached hydrogens (tertiary/aromatic N) is 1. The second-order valence-corrected chi connectivity index (χ2v) is 4.88. The van der Waals surface area contributed by atoms with Crippen molar-refractivity contribution in [3.8, 4) is 0 Å². The third kappa shape index (κ3) is 2.67. The topological polar surface area (TPSA) is 44.4 Å². The van der Waals surface area contributed by atoms with Gasteiger partial charge in [0.2, 0.25) is 0 Å². The van der Waals surface area contributed by atoms with Gasteiger partial charge in [0, 0.05) is 25.7 Å². The minimum absolute atomic E-state index is 0.140. The van der Waals surface area contributed by atoms with Gasteiger partial charge in [0.15, 0.2) is 0 Å². The van der Waals surface area contributed by atoms with E-state index in [1.54, 1.807) is 0 Å². The molecule has 2 fully saturated rings. The van der Waals surface area contributed by atoms with Crippen molar-refractivity contribution in [1.82, 2.24) is 15.5 Å². The highest BCUT2D eigenvalue weighted by atomic mass is 16.2. The molecule has 2 N–H and O–H groups in total. The summed E-state index contributed by atoms with van der Waals surface area (Å²) < 4.78 is 0. The number of hydrogen-bond acceptors (Lipinski definition) is 2. The minimum Gasteiger partial charge on any atom is -0.335 e. The fourth-order valence-electron chi connectivity index (χ4n) is 2.57. The van der Waals surface area contributed by atoms with E-state index in [2.05, 4.69) is 17.6 Å². The summed E-state index contributed by atoms with van der Waals surface area (Å²) in [6.45, 7) is 4.77. The van der Waals surface area contributed by atoms with Crippen LogP contribution >= 0.6 is 0 Å². The molecule has 4 heteroatoms. The summed E-state index contributed by atoms with van der Waals surface area (Å²) in [6, 6.07) is 0.970. The van der Waals surface area contributed by atoms with Gasteiger partial charge in [-0.05, 0) is 19.8 Å². The van der Waals surface area contributed by atoms with Gasteiger partial charge in [-0.2, -0.15) is 0 Å². The number of amides is 2. The van der Waals surface area contributed by atoms with Gasteiger partial charge in [0.05, 0.1) is 6.04 Å². The number of nitrogens with one attached hydrogen (secondary N) is 2. The number of likely N-dealkylation sites (N-methyl/N-ethyl adjacent to an activating group) is 1. The quantitative estimate of drug-likeness (QED) is 0.761. The van der Waals surface area contributed by atoms with Crippen molar-refractivity contribution in [2.75, 3.05) is 19.6 Å². The lowest BCUT2D eigenvalue weighted by atomic mass is 9.96. The van der Waals surface area contributed by atoms with Crippen LogP contribution in [0.3, 0.4) is 0 Å². The van der Waals surface area contributed by atoms with Crippen LogP contribution in [0.15, 0.2) is 0 Å². The van der Waals surface area contributed by atoms with Crippen LogP contribution in [0.5, 0.6) is 0 Å². The maximum Gasteiger partial charge on any atom is 0.317 e. The Morgan fingerprint density at radius 3 is 2.50 bits per heavy atom. The summed E-state index contributed by atoms with van der Waals surface area (Å²) in [5.74, 6) is 0. The maximum atomic E-state index is 12.1. The smallest absolute Gasteiger partial charge is 0.317 e. The van der Waals surface area contributed by atoms with Crippen molar-refractivity contribution < 1.29 is 4.79 Å². The second kappa shape index (κ2) is 5.53. The van der Waals surface area contributed by atoms with Gasteiger partial charge in [0.1, 0.15) is 0 Å². The highest BCUT2D eigenvalue weighted by Crippen LogP contribution is 2.18. The standard InChI is InChI=1S/C12H23N3O/c1-2-15(11-8-13-9-11)12(16)14-10-6-4-3-5-7-10/h10-11,13H,2-9H2,1H3,(H,14,16). The molecule has 92 valence electrons. The normalized spacial score (nSPS) is 22.6. The van der Waals surface area contributed by atoms with Gasteiger partial charge < -0.3 is 15.5 Å². The molecule has 1 saturated carbocycles. The van der Waals surface area contributed by atoms with Crippen molar-refractivity contribution in [1.29, 1.82) is 0 Å². The monoisotopic (exact) mass is 225 g/mol. The van der Waals surface area contributed by atoms with Crippen molar-refractivity contribution in [3.63, 3.8) is 0 Å². The summed E-state index contributed by atoms with van der Waals surface area (Å²) in [4.78, 5) is 14.0. The number of carbonyl (C=O) groups excluding carboxylic acids is 1. The largest absolute Gasteiger partial charge is 0.335 e. The lowest BCUT2D eigenvalue weighted by Gasteiger charge is -2.38. The molecule has 0 aromatic heterocycles. The summed E-state index contributed by atoms with van der Waals surface area (Å²) in [5.41, 5.74) is 0. The first-order chi connectivity index (χ1) is 7.81. The Morgan fingerprint density at radius 1 is 1.31 bits per heavy atom. The molecule has 0 aromatic carbocycles. The second-order valence-electron chi connectivity index (χ2n) is 4.88. The molecule has 2 rings (SSSR count). The third-order valence-electron chi connectivity index (χ3n) is 3.74. The first-order valence-electron chi connectivity index (χ1n) is 6.59. The summed E-state index contributed by atoms with van der Waals surface area (Å²) >= 11 is 0. The lowest BCUT2D eigenvalue weighted by molar-refractivity contribution is 0.148. The Hall–Kier alpha value is -0.770. The first-order valence-corrected chi connectivity index (χ1v) is 6.59. The Labute approximate surface area is 97.8 Å². The van der Waals surface area contributed by atoms with Crippen LogP contribution < -0.4 is 10.6 Å². The highest BCUT2D eigenvalue weighted by molar-refractivity contribution is 5.75. The third-order valence-corrected chi connectivity index (χ3v) is 3.74. The number of carbonyl (C=O) groups is 1. The maximum absolute atomic E-state index is 12.1. The fourth-order valence-corrected chi connectivity index (χ4v) is 2.57. The predicted molar refractivity (Wildman–Crippen MR) is 64.4 cm³/mol. The van der Waals surface area contributed by atoms with Crippen molar-refractivity contribution in [3.05, 3.63) is 0 Å². The predicted octanol–water partition coefficient (Wildman–Crippen LogP) is 1.32. The summed E-state index contributed by atoms with van der Waals surface area (Å²) in [6.07, 6.45) is 6.18. The highest BCUT2D eigenvalue weighted by Gasteiger charge is 2.28. The molecule has 2 aliphatic rings. The molecule has 1 heterocycles. The molecule has 2 amide bonds. The van der Waals surface area contributed by atoms with Gasteiger partial charge >= 0.3 is 6.03 Å². The SMILES string of the molecule is CCN(C(=O)NC1CCCCC1)C1CNC1. The molecule has 4 nitrogen and oxygen atoms in total. The number of urea groups is 1. The van der Waals surface area contributed by atoms with Gasteiger partial charge in [-0.3, -0.25) is 0 Å². The van der Waals surface area contributed by atoms with Gasteiger partial charge in [-0.25, -0.2) is 4.79 Å². The van der Waals surface area contributed by atoms with Crippen LogP contribution in [-0.2, 0) is 0 Å². The Balaban J connectivity index is 1.80. The van der Waals surface area contributed by atoms with E-state index >= 15 is 0 Å². The molecule has 0 aromatic rings. The van der Waals surface area contributed by atoms with Crippen LogP contribution in [0.1, 0.15) is 39.0 Å². The van der Waals surface area contributed by atoms with Gasteiger partial charge in [0.25, 0.3) is 0 Å². The molecule has 1 aliphatic heterocycles. The van der Waals surface area contributed by atoms with Gasteiger partial charge in [-0.15, -0.1) is 0 Å². The van der Waals surface area contributed by atoms with Crippen LogP contribution in [-0.4, -0.2) is 42.6 Å². The Kier molecular flexibility index (Phi) is 4.04. The molecule has 0 bridgehead atoms. The molecule has 1 aliphatic carbocycles. The minimum atomic E-state index is 0.140. The van der Waals surface area contributed by atoms with Crippen LogP contribution in [0.25, 0.3) is 0 Å². The van der Waals surface area contributed by atoms with E-state index in [0.717, 1.165) is 32.5 Å². The van der Waals surface area contributed by atoms with Crippen molar-refractivity contribution >= 4 is 6.03 Å². The van der Waals surface area contributed by atoms with Crippen LogP contribution in [0, 0.1) is 0 Å². The molecular weight excluding hydrogens is 202 g/mol. The molecule has 0 radical (unpaired) electrons. The van der Waals surface area contributed by atoms with Crippen LogP contribution in [0.2, 0.25) is 0 Å². The number of hydrogen-bond donors (Lipinski definition) is 2. The Bertz CT molecular complexity index is 234. The van der Waals surface area contributed by atoms with E-state index in [0.29, 0.717) is 12.1 Å². The van der Waals surface area contributed by atoms with E-state index < -0.39 is 0 Å². The first kappa shape index (κ1) is 11.7. The molecule has 0 unspecified atom stereocenters. The van der Waals surface area contributed by atoms with Crippen molar-refractivity contribution in [2.45, 2.75) is 51.1 Å². The van der Waals surface area contributed by atoms with Crippen molar-refractivity contribution in [2.24, 2.45) is 0 Å². The van der Waals surface area contributed by atoms with E-state index in [1.807, 2.05) is 4.90 Å². The van der Waals surface area contributed by atoms with Gasteiger partial charge in [-0.1, -0.05) is 19.3 Å². The molecular formula is C12H23N3O. The summed E-state index contributed by atoms with van der Waals surface area (Å²) in [7, 11) is 0. The molecule has 0 spiro atoms. The zero-order valence-electron chi connectivity index (χ0n) is 10.2. The summed E-state index contributed by atoms with van der Waals surface area (Å²) in [5, 5.41) is 6.39. The average Bonchev–Trinajstić information content (AvgIpc) is 2.24. The van der Waals surface area contributed by atoms with Crippen LogP contribution in [0.4, 0.5) is 4.79 Å². The van der Waals surface area contributed by atoms with E-state index in [1.165, 1.54) is 19.3 Å². The zero-order valence-corrected chi connectivity index (χ0v) is 10.2. The average molecular weight is 225 g/mol. The Morgan fingerprint density at radius 2 is 2.00 bits per heavy atom.